The number of aliphatic carboxylic acids is 1. The molecule has 0 atom stereocenters. The molecule has 0 saturated carbocycles. The predicted molar refractivity (Wildman–Crippen MR) is 55.1 cm³/mol. The molecule has 14 heavy (non-hydrogen) atoms. The molecule has 0 heterocycles. The van der Waals surface area contributed by atoms with E-state index in [1.807, 2.05) is 0 Å². The van der Waals surface area contributed by atoms with Gasteiger partial charge in [0, 0.05) is 14.0 Å². The number of halogens is 3. The van der Waals surface area contributed by atoms with Crippen molar-refractivity contribution in [2.24, 2.45) is 0 Å². The summed E-state index contributed by atoms with van der Waals surface area (Å²) in [6, 6.07) is 0. The Labute approximate surface area is 96.3 Å². The van der Waals surface area contributed by atoms with Crippen LogP contribution < -0.4 is 0 Å². The third-order valence-electron chi connectivity index (χ3n) is 0. The van der Waals surface area contributed by atoms with Crippen LogP contribution in [0.5, 0.6) is 0 Å². The van der Waals surface area contributed by atoms with Crippen molar-refractivity contribution in [1.29, 1.82) is 0 Å². The number of aliphatic hydroxyl groups is 1. The van der Waals surface area contributed by atoms with Gasteiger partial charge >= 0.3 is 0 Å². The second kappa shape index (κ2) is 38.7. The summed E-state index contributed by atoms with van der Waals surface area (Å²) in [6.07, 6.45) is 0. The topological polar surface area (TPSA) is 126 Å². The maximum absolute atomic E-state index is 9.00. The summed E-state index contributed by atoms with van der Waals surface area (Å²) in [6.45, 7) is 0.833. The smallest absolute Gasteiger partial charge is 0.300 e. The second-order valence-electron chi connectivity index (χ2n) is 0.872. The van der Waals surface area contributed by atoms with E-state index in [1.165, 1.54) is 0 Å². The first-order valence-electron chi connectivity index (χ1n) is 2.52. The van der Waals surface area contributed by atoms with E-state index in [4.69, 9.17) is 59.7 Å². The van der Waals surface area contributed by atoms with Gasteiger partial charge in [0.05, 0.1) is 0 Å². The minimum atomic E-state index is -0.833. The third kappa shape index (κ3) is 18500. The lowest BCUT2D eigenvalue weighted by Crippen LogP contribution is -1.78. The molecule has 0 bridgehead atoms. The Morgan fingerprint density at radius 1 is 1.29 bits per heavy atom. The van der Waals surface area contributed by atoms with Crippen molar-refractivity contribution in [1.82, 2.24) is 0 Å². The predicted octanol–water partition coefficient (Wildman–Crippen LogP) is 0.562. The van der Waals surface area contributed by atoms with Crippen LogP contribution in [-0.2, 0) is 9.59 Å². The van der Waals surface area contributed by atoms with E-state index in [1.54, 1.807) is 0 Å². The first-order chi connectivity index (χ1) is 5.88. The van der Waals surface area contributed by atoms with Crippen LogP contribution in [0.25, 0.3) is 0 Å². The van der Waals surface area contributed by atoms with Crippen molar-refractivity contribution in [2.75, 3.05) is 7.11 Å². The lowest BCUT2D eigenvalue weighted by Gasteiger charge is -1.69. The van der Waals surface area contributed by atoms with Gasteiger partial charge in [-0.05, 0) is 0 Å². The van der Waals surface area contributed by atoms with Gasteiger partial charge in [-0.3, -0.25) is 9.59 Å². The van der Waals surface area contributed by atoms with Crippen LogP contribution in [0.15, 0.2) is 0 Å². The average Bonchev–Trinajstić information content (AvgIpc) is 1.89. The maximum Gasteiger partial charge on any atom is 0.300 e. The van der Waals surface area contributed by atoms with Crippen molar-refractivity contribution in [3.63, 3.8) is 0 Å². The van der Waals surface area contributed by atoms with Crippen LogP contribution in [0, 0.1) is 0 Å². The van der Waals surface area contributed by atoms with E-state index in [-0.39, 0.29) is 11.9 Å². The fraction of sp³-hybridized carbons (Fsp3) is 0.600. The van der Waals surface area contributed by atoms with E-state index in [9.17, 15) is 0 Å². The van der Waals surface area contributed by atoms with Gasteiger partial charge in [0.1, 0.15) is 0 Å². The standard InChI is InChI=1S/C2H4O2.CHCl3.CH2O2.CH4O.H2O/c1-2(3)4;2-1(3)4;2-1-3;1-2;/h1H3,(H,3,4);1H;1H,(H,2,3);2H,1H3;1H2. The number of hydrogen-bond acceptors (Lipinski definition) is 3. The number of carboxylic acid groups (broad SMARTS) is 2. The number of carbonyl (C=O) groups is 2. The molecular formula is C5H13Cl3O6. The van der Waals surface area contributed by atoms with Crippen LogP contribution in [-0.4, -0.2) is 44.6 Å². The highest BCUT2D eigenvalue weighted by atomic mass is 35.6. The molecular weight excluding hydrogens is 262 g/mol. The highest BCUT2D eigenvalue weighted by Gasteiger charge is 1.78. The lowest BCUT2D eigenvalue weighted by molar-refractivity contribution is -0.134. The van der Waals surface area contributed by atoms with Crippen molar-refractivity contribution >= 4 is 47.2 Å². The van der Waals surface area contributed by atoms with Crippen molar-refractivity contribution in [2.45, 2.75) is 11.2 Å². The van der Waals surface area contributed by atoms with E-state index in [0.29, 0.717) is 0 Å². The first-order valence-corrected chi connectivity index (χ1v) is 3.83. The molecule has 6 nitrogen and oxygen atoms in total. The molecule has 0 aliphatic carbocycles. The van der Waals surface area contributed by atoms with Crippen LogP contribution in [0.1, 0.15) is 6.92 Å². The van der Waals surface area contributed by atoms with Crippen LogP contribution in [0.3, 0.4) is 0 Å². The normalized spacial score (nSPS) is 5.64. The fourth-order valence-corrected chi connectivity index (χ4v) is 0. The van der Waals surface area contributed by atoms with Gasteiger partial charge in [-0.25, -0.2) is 0 Å². The Hall–Kier alpha value is -0.270. The zero-order valence-electron chi connectivity index (χ0n) is 7.45. The highest BCUT2D eigenvalue weighted by Crippen LogP contribution is 2.03. The Bertz CT molecular complexity index is 92.7. The largest absolute Gasteiger partial charge is 0.483 e. The summed E-state index contributed by atoms with van der Waals surface area (Å²) >= 11 is 14.4. The SMILES string of the molecule is CC(=O)O.CO.ClC(Cl)Cl.O.O=CO. The quantitative estimate of drug-likeness (QED) is 0.440. The number of carboxylic acids is 1. The molecule has 0 rings (SSSR count). The monoisotopic (exact) mass is 274 g/mol. The number of hydrogen-bond donors (Lipinski definition) is 3. The van der Waals surface area contributed by atoms with Gasteiger partial charge in [0.2, 0.25) is 0 Å². The fourth-order valence-electron chi connectivity index (χ4n) is 0. The Morgan fingerprint density at radius 3 is 1.29 bits per heavy atom. The number of rotatable bonds is 0. The molecule has 0 aliphatic rings. The van der Waals surface area contributed by atoms with Crippen molar-refractivity contribution in [3.8, 4) is 0 Å². The van der Waals surface area contributed by atoms with Gasteiger partial charge in [-0.15, -0.1) is 0 Å². The van der Waals surface area contributed by atoms with Gasteiger partial charge in [-0.1, -0.05) is 34.8 Å². The first kappa shape index (κ1) is 29.2. The molecule has 0 radical (unpaired) electrons. The summed E-state index contributed by atoms with van der Waals surface area (Å²) in [5, 5.41) is 21.3. The average molecular weight is 276 g/mol. The van der Waals surface area contributed by atoms with E-state index >= 15 is 0 Å². The van der Waals surface area contributed by atoms with E-state index in [0.717, 1.165) is 14.0 Å². The molecule has 0 fully saturated rings. The molecule has 0 spiro atoms. The molecule has 0 saturated heterocycles. The van der Waals surface area contributed by atoms with E-state index in [2.05, 4.69) is 0 Å². The minimum Gasteiger partial charge on any atom is -0.483 e. The van der Waals surface area contributed by atoms with E-state index < -0.39 is 10.3 Å². The molecule has 0 aliphatic heterocycles. The van der Waals surface area contributed by atoms with Crippen LogP contribution in [0.2, 0.25) is 0 Å². The Morgan fingerprint density at radius 2 is 1.29 bits per heavy atom. The summed E-state index contributed by atoms with van der Waals surface area (Å²) < 4.78 is -0.750. The summed E-state index contributed by atoms with van der Waals surface area (Å²) in [5.74, 6) is -0.833. The van der Waals surface area contributed by atoms with Gasteiger partial charge in [-0.2, -0.15) is 0 Å². The molecule has 0 aromatic rings. The molecule has 9 heteroatoms. The van der Waals surface area contributed by atoms with Gasteiger partial charge in [0.15, 0.2) is 4.30 Å². The minimum absolute atomic E-state index is 0. The Kier molecular flexibility index (Phi) is 80.6. The molecule has 5 N–H and O–H groups in total. The van der Waals surface area contributed by atoms with Gasteiger partial charge < -0.3 is 20.8 Å². The summed E-state index contributed by atoms with van der Waals surface area (Å²) in [7, 11) is 1.00. The molecule has 0 amide bonds. The molecule has 90 valence electrons. The third-order valence-corrected chi connectivity index (χ3v) is 0. The summed E-state index contributed by atoms with van der Waals surface area (Å²) in [5.41, 5.74) is 0. The maximum atomic E-state index is 9.00. The molecule has 0 aromatic carbocycles. The molecule has 0 unspecified atom stereocenters. The zero-order chi connectivity index (χ0) is 11.9. The molecule has 0 aromatic heterocycles. The van der Waals surface area contributed by atoms with Crippen LogP contribution in [0.4, 0.5) is 0 Å². The van der Waals surface area contributed by atoms with Gasteiger partial charge in [0.25, 0.3) is 12.4 Å². The van der Waals surface area contributed by atoms with Crippen molar-refractivity contribution in [3.05, 3.63) is 0 Å². The number of aliphatic hydroxyl groups excluding tert-OH is 1. The number of alkyl halides is 3. The summed E-state index contributed by atoms with van der Waals surface area (Å²) in [4.78, 5) is 17.4. The lowest BCUT2D eigenvalue weighted by atomic mass is 10.9. The zero-order valence-corrected chi connectivity index (χ0v) is 9.71. The second-order valence-corrected chi connectivity index (χ2v) is 2.85. The Balaban J connectivity index is -0.0000000260. The van der Waals surface area contributed by atoms with Crippen molar-refractivity contribution < 1.29 is 30.4 Å². The van der Waals surface area contributed by atoms with Crippen LogP contribution >= 0.6 is 34.8 Å². The highest BCUT2D eigenvalue weighted by molar-refractivity contribution is 6.63.